The molecule has 2 aromatic heterocycles. The van der Waals surface area contributed by atoms with Gasteiger partial charge in [0.2, 0.25) is 5.91 Å². The van der Waals surface area contributed by atoms with E-state index in [1.165, 1.54) is 5.56 Å². The second-order valence-electron chi connectivity index (χ2n) is 4.05. The van der Waals surface area contributed by atoms with E-state index in [4.69, 9.17) is 11.6 Å². The van der Waals surface area contributed by atoms with Crippen LogP contribution in [-0.4, -0.2) is 27.4 Å². The van der Waals surface area contributed by atoms with E-state index in [0.717, 1.165) is 12.2 Å². The van der Waals surface area contributed by atoms with E-state index in [2.05, 4.69) is 15.3 Å². The van der Waals surface area contributed by atoms with Gasteiger partial charge in [-0.25, -0.2) is 4.98 Å². The van der Waals surface area contributed by atoms with Crippen LogP contribution in [0.1, 0.15) is 5.56 Å². The van der Waals surface area contributed by atoms with Crippen LogP contribution in [0.4, 0.5) is 5.69 Å². The Bertz CT molecular complexity index is 565. The molecule has 0 aliphatic heterocycles. The van der Waals surface area contributed by atoms with Gasteiger partial charge in [-0.1, -0.05) is 11.6 Å². The van der Waals surface area contributed by atoms with Gasteiger partial charge >= 0.3 is 0 Å². The van der Waals surface area contributed by atoms with Gasteiger partial charge in [-0.15, -0.1) is 0 Å². The minimum absolute atomic E-state index is 0.0698. The molecule has 0 saturated heterocycles. The Morgan fingerprint density at radius 3 is 2.80 bits per heavy atom. The minimum Gasteiger partial charge on any atom is -0.323 e. The van der Waals surface area contributed by atoms with Crippen molar-refractivity contribution in [2.75, 3.05) is 16.8 Å². The molecule has 0 aliphatic carbocycles. The van der Waals surface area contributed by atoms with Gasteiger partial charge in [0.15, 0.2) is 5.15 Å². The highest BCUT2D eigenvalue weighted by molar-refractivity contribution is 7.99. The number of hydrogen-bond acceptors (Lipinski definition) is 4. The molecule has 2 aromatic rings. The normalized spacial score (nSPS) is 10.2. The smallest absolute Gasteiger partial charge is 0.234 e. The Kier molecular flexibility index (Phi) is 5.83. The van der Waals surface area contributed by atoms with Crippen molar-refractivity contribution < 1.29 is 4.79 Å². The summed E-state index contributed by atoms with van der Waals surface area (Å²) in [7, 11) is 0. The average molecular weight is 308 g/mol. The number of amides is 1. The van der Waals surface area contributed by atoms with Crippen LogP contribution >= 0.6 is 23.4 Å². The van der Waals surface area contributed by atoms with E-state index < -0.39 is 0 Å². The fourth-order valence-corrected chi connectivity index (χ4v) is 2.52. The van der Waals surface area contributed by atoms with Crippen molar-refractivity contribution >= 4 is 35.0 Å². The molecule has 0 unspecified atom stereocenters. The van der Waals surface area contributed by atoms with E-state index in [1.807, 2.05) is 12.1 Å². The number of carbonyl (C=O) groups is 1. The van der Waals surface area contributed by atoms with Crippen LogP contribution in [0.15, 0.2) is 42.9 Å². The summed E-state index contributed by atoms with van der Waals surface area (Å²) in [6.07, 6.45) is 6.06. The van der Waals surface area contributed by atoms with Gasteiger partial charge in [0.25, 0.3) is 0 Å². The Labute approximate surface area is 127 Å². The first-order valence-corrected chi connectivity index (χ1v) is 7.66. The summed E-state index contributed by atoms with van der Waals surface area (Å²) in [5.74, 6) is 1.22. The van der Waals surface area contributed by atoms with Crippen LogP contribution in [0.3, 0.4) is 0 Å². The lowest BCUT2D eigenvalue weighted by molar-refractivity contribution is -0.113. The number of aromatic nitrogens is 2. The van der Waals surface area contributed by atoms with Crippen LogP contribution in [0.2, 0.25) is 5.15 Å². The molecule has 104 valence electrons. The lowest BCUT2D eigenvalue weighted by atomic mass is 10.2. The zero-order valence-electron chi connectivity index (χ0n) is 10.8. The Hall–Kier alpha value is -1.59. The van der Waals surface area contributed by atoms with Gasteiger partial charge in [0.1, 0.15) is 0 Å². The number of hydrogen-bond donors (Lipinski definition) is 1. The number of carbonyl (C=O) groups excluding carboxylic acids is 1. The molecule has 0 radical (unpaired) electrons. The van der Waals surface area contributed by atoms with Gasteiger partial charge in [-0.2, -0.15) is 11.8 Å². The third kappa shape index (κ3) is 4.83. The minimum atomic E-state index is -0.0698. The summed E-state index contributed by atoms with van der Waals surface area (Å²) in [6.45, 7) is 0. The van der Waals surface area contributed by atoms with Crippen LogP contribution in [0.25, 0.3) is 0 Å². The molecule has 2 rings (SSSR count). The van der Waals surface area contributed by atoms with Crippen molar-refractivity contribution in [3.8, 4) is 0 Å². The van der Waals surface area contributed by atoms with Gasteiger partial charge in [0, 0.05) is 18.6 Å². The first-order valence-electron chi connectivity index (χ1n) is 6.13. The first kappa shape index (κ1) is 14.8. The highest BCUT2D eigenvalue weighted by atomic mass is 35.5. The van der Waals surface area contributed by atoms with Gasteiger partial charge in [0.05, 0.1) is 11.4 Å². The molecule has 6 heteroatoms. The standard InChI is InChI=1S/C14H14ClN3OS/c15-14-12(2-1-6-17-14)18-13(19)10-20-9-5-11-3-7-16-8-4-11/h1-4,6-8H,5,9-10H2,(H,18,19). The molecule has 2 heterocycles. The molecule has 4 nitrogen and oxygen atoms in total. The van der Waals surface area contributed by atoms with Gasteiger partial charge in [-0.3, -0.25) is 9.78 Å². The van der Waals surface area contributed by atoms with E-state index in [-0.39, 0.29) is 5.91 Å². The summed E-state index contributed by atoms with van der Waals surface area (Å²) in [4.78, 5) is 19.6. The largest absolute Gasteiger partial charge is 0.323 e. The molecule has 20 heavy (non-hydrogen) atoms. The third-order valence-electron chi connectivity index (χ3n) is 2.55. The Balaban J connectivity index is 1.69. The molecule has 0 spiro atoms. The van der Waals surface area contributed by atoms with Crippen molar-refractivity contribution in [1.82, 2.24) is 9.97 Å². The molecule has 0 bridgehead atoms. The van der Waals surface area contributed by atoms with E-state index in [1.54, 1.807) is 42.5 Å². The van der Waals surface area contributed by atoms with Crippen molar-refractivity contribution in [2.24, 2.45) is 0 Å². The Morgan fingerprint density at radius 1 is 1.25 bits per heavy atom. The molecular formula is C14H14ClN3OS. The number of aryl methyl sites for hydroxylation is 1. The maximum atomic E-state index is 11.7. The highest BCUT2D eigenvalue weighted by Gasteiger charge is 2.06. The molecule has 0 atom stereocenters. The third-order valence-corrected chi connectivity index (χ3v) is 3.81. The lowest BCUT2D eigenvalue weighted by Crippen LogP contribution is -2.15. The molecule has 1 N–H and O–H groups in total. The number of nitrogens with one attached hydrogen (secondary N) is 1. The summed E-state index contributed by atoms with van der Waals surface area (Å²) in [6, 6.07) is 7.43. The van der Waals surface area contributed by atoms with Crippen LogP contribution in [-0.2, 0) is 11.2 Å². The lowest BCUT2D eigenvalue weighted by Gasteiger charge is -2.06. The number of nitrogens with zero attached hydrogens (tertiary/aromatic N) is 2. The topological polar surface area (TPSA) is 54.9 Å². The van der Waals surface area contributed by atoms with E-state index in [0.29, 0.717) is 16.6 Å². The van der Waals surface area contributed by atoms with Crippen molar-refractivity contribution in [2.45, 2.75) is 6.42 Å². The summed E-state index contributed by atoms with van der Waals surface area (Å²) in [5.41, 5.74) is 1.78. The monoisotopic (exact) mass is 307 g/mol. The summed E-state index contributed by atoms with van der Waals surface area (Å²) >= 11 is 7.46. The zero-order valence-corrected chi connectivity index (χ0v) is 12.3. The second-order valence-corrected chi connectivity index (χ2v) is 5.51. The molecule has 0 aromatic carbocycles. The summed E-state index contributed by atoms with van der Waals surface area (Å²) in [5, 5.41) is 3.05. The molecule has 0 aliphatic rings. The number of rotatable bonds is 6. The van der Waals surface area contributed by atoms with Crippen LogP contribution in [0.5, 0.6) is 0 Å². The SMILES string of the molecule is O=C(CSCCc1ccncc1)Nc1cccnc1Cl. The van der Waals surface area contributed by atoms with Crippen molar-refractivity contribution in [1.29, 1.82) is 0 Å². The number of pyridine rings is 2. The van der Waals surface area contributed by atoms with E-state index in [9.17, 15) is 4.79 Å². The maximum Gasteiger partial charge on any atom is 0.234 e. The van der Waals surface area contributed by atoms with Crippen LogP contribution < -0.4 is 5.32 Å². The molecule has 0 saturated carbocycles. The first-order chi connectivity index (χ1) is 9.75. The van der Waals surface area contributed by atoms with Crippen LogP contribution in [0, 0.1) is 0 Å². The summed E-state index contributed by atoms with van der Waals surface area (Å²) < 4.78 is 0. The second kappa shape index (κ2) is 7.87. The zero-order chi connectivity index (χ0) is 14.2. The number of anilines is 1. The number of thioether (sulfide) groups is 1. The van der Waals surface area contributed by atoms with E-state index >= 15 is 0 Å². The predicted octanol–water partition coefficient (Wildman–Crippen LogP) is 3.04. The van der Waals surface area contributed by atoms with Crippen molar-refractivity contribution in [3.63, 3.8) is 0 Å². The Morgan fingerprint density at radius 2 is 2.05 bits per heavy atom. The predicted molar refractivity (Wildman–Crippen MR) is 83.1 cm³/mol. The number of halogens is 1. The molecule has 0 fully saturated rings. The molecular weight excluding hydrogens is 294 g/mol. The fraction of sp³-hybridized carbons (Fsp3) is 0.214. The van der Waals surface area contributed by atoms with Crippen molar-refractivity contribution in [3.05, 3.63) is 53.6 Å². The molecule has 1 amide bonds. The fourth-order valence-electron chi connectivity index (χ4n) is 1.57. The van der Waals surface area contributed by atoms with Gasteiger partial charge in [-0.05, 0) is 42.0 Å². The maximum absolute atomic E-state index is 11.7. The van der Waals surface area contributed by atoms with Gasteiger partial charge < -0.3 is 5.32 Å². The average Bonchev–Trinajstić information content (AvgIpc) is 2.47. The highest BCUT2D eigenvalue weighted by Crippen LogP contribution is 2.17. The quantitative estimate of drug-likeness (QED) is 0.658.